The van der Waals surface area contributed by atoms with Crippen molar-refractivity contribution < 1.29 is 18.7 Å². The van der Waals surface area contributed by atoms with E-state index < -0.39 is 5.91 Å². The molecule has 0 aliphatic heterocycles. The number of ether oxygens (including phenoxy) is 1. The van der Waals surface area contributed by atoms with Crippen molar-refractivity contribution in [1.29, 1.82) is 0 Å². The molecule has 6 nitrogen and oxygen atoms in total. The van der Waals surface area contributed by atoms with Crippen molar-refractivity contribution in [1.82, 2.24) is 0 Å². The minimum Gasteiger partial charge on any atom is -0.494 e. The summed E-state index contributed by atoms with van der Waals surface area (Å²) in [4.78, 5) is 24.9. The average Bonchev–Trinajstić information content (AvgIpc) is 3.15. The minimum absolute atomic E-state index is 0.174. The van der Waals surface area contributed by atoms with Crippen LogP contribution in [0.25, 0.3) is 0 Å². The van der Waals surface area contributed by atoms with Crippen LogP contribution in [0.4, 0.5) is 11.4 Å². The van der Waals surface area contributed by atoms with Gasteiger partial charge < -0.3 is 19.8 Å². The minimum atomic E-state index is -0.397. The second kappa shape index (κ2) is 9.43. The quantitative estimate of drug-likeness (QED) is 0.481. The number of carbonyl (C=O) groups is 2. The summed E-state index contributed by atoms with van der Waals surface area (Å²) < 4.78 is 11.3. The molecule has 0 fully saturated rings. The highest BCUT2D eigenvalue weighted by atomic mass is 79.9. The van der Waals surface area contributed by atoms with E-state index in [2.05, 4.69) is 26.6 Å². The maximum atomic E-state index is 12.7. The molecule has 0 atom stereocenters. The van der Waals surface area contributed by atoms with E-state index in [0.717, 1.165) is 17.7 Å². The zero-order valence-corrected chi connectivity index (χ0v) is 17.7. The van der Waals surface area contributed by atoms with Gasteiger partial charge in [-0.2, -0.15) is 0 Å². The number of halogens is 1. The molecule has 150 valence electrons. The van der Waals surface area contributed by atoms with Crippen LogP contribution < -0.4 is 15.4 Å². The molecule has 0 aliphatic carbocycles. The summed E-state index contributed by atoms with van der Waals surface area (Å²) in [5.74, 6) is 0.281. The van der Waals surface area contributed by atoms with Crippen molar-refractivity contribution in [3.63, 3.8) is 0 Å². The fourth-order valence-electron chi connectivity index (χ4n) is 2.65. The Hall–Kier alpha value is -3.06. The van der Waals surface area contributed by atoms with Crippen LogP contribution in [-0.4, -0.2) is 18.4 Å². The number of carbonyl (C=O) groups excluding carboxylic acids is 2. The predicted molar refractivity (Wildman–Crippen MR) is 116 cm³/mol. The molecule has 0 aliphatic rings. The van der Waals surface area contributed by atoms with Crippen LogP contribution >= 0.6 is 15.9 Å². The van der Waals surface area contributed by atoms with Gasteiger partial charge in [-0.1, -0.05) is 13.0 Å². The molecular formula is C22H21BrN2O4. The van der Waals surface area contributed by atoms with Gasteiger partial charge in [0.05, 0.1) is 6.61 Å². The number of furan rings is 1. The predicted octanol–water partition coefficient (Wildman–Crippen LogP) is 5.64. The first-order chi connectivity index (χ1) is 14.0. The first-order valence-electron chi connectivity index (χ1n) is 9.18. The zero-order chi connectivity index (χ0) is 20.8. The Morgan fingerprint density at radius 2 is 1.86 bits per heavy atom. The van der Waals surface area contributed by atoms with E-state index in [9.17, 15) is 9.59 Å². The van der Waals surface area contributed by atoms with Crippen LogP contribution in [0.2, 0.25) is 0 Å². The van der Waals surface area contributed by atoms with Gasteiger partial charge in [0, 0.05) is 16.9 Å². The van der Waals surface area contributed by atoms with E-state index in [-0.39, 0.29) is 11.7 Å². The first kappa shape index (κ1) is 20.7. The Kier molecular flexibility index (Phi) is 6.72. The largest absolute Gasteiger partial charge is 0.494 e. The lowest BCUT2D eigenvalue weighted by molar-refractivity contribution is 0.0992. The molecule has 0 spiro atoms. The Morgan fingerprint density at radius 3 is 2.55 bits per heavy atom. The van der Waals surface area contributed by atoms with Gasteiger partial charge >= 0.3 is 0 Å². The zero-order valence-electron chi connectivity index (χ0n) is 16.1. The summed E-state index contributed by atoms with van der Waals surface area (Å²) in [7, 11) is 0. The Morgan fingerprint density at radius 1 is 1.03 bits per heavy atom. The lowest BCUT2D eigenvalue weighted by Gasteiger charge is -2.12. The number of benzene rings is 2. The molecule has 3 rings (SSSR count). The van der Waals surface area contributed by atoms with E-state index in [1.807, 2.05) is 32.0 Å². The Balaban J connectivity index is 1.68. The maximum absolute atomic E-state index is 12.7. The number of rotatable bonds is 7. The number of anilines is 2. The van der Waals surface area contributed by atoms with Crippen molar-refractivity contribution in [3.05, 3.63) is 76.2 Å². The topological polar surface area (TPSA) is 80.6 Å². The van der Waals surface area contributed by atoms with E-state index in [1.165, 1.54) is 0 Å². The summed E-state index contributed by atoms with van der Waals surface area (Å²) in [6.45, 7) is 4.61. The number of hydrogen-bond acceptors (Lipinski definition) is 4. The molecule has 0 bridgehead atoms. The maximum Gasteiger partial charge on any atom is 0.291 e. The van der Waals surface area contributed by atoms with E-state index in [4.69, 9.17) is 9.15 Å². The summed E-state index contributed by atoms with van der Waals surface area (Å²) >= 11 is 3.16. The Bertz CT molecular complexity index is 1030. The van der Waals surface area contributed by atoms with Crippen LogP contribution in [-0.2, 0) is 0 Å². The molecule has 2 amide bonds. The highest BCUT2D eigenvalue weighted by molar-refractivity contribution is 9.10. The van der Waals surface area contributed by atoms with Gasteiger partial charge in [-0.25, -0.2) is 0 Å². The fraction of sp³-hybridized carbons (Fsp3) is 0.182. The van der Waals surface area contributed by atoms with Crippen LogP contribution in [0.3, 0.4) is 0 Å². The monoisotopic (exact) mass is 456 g/mol. The molecule has 2 aromatic carbocycles. The van der Waals surface area contributed by atoms with E-state index in [0.29, 0.717) is 28.2 Å². The van der Waals surface area contributed by atoms with Crippen LogP contribution in [0.5, 0.6) is 5.75 Å². The molecule has 2 N–H and O–H groups in total. The summed E-state index contributed by atoms with van der Waals surface area (Å²) in [6.07, 6.45) is 0.932. The molecule has 0 saturated carbocycles. The first-order valence-corrected chi connectivity index (χ1v) is 9.97. The van der Waals surface area contributed by atoms with Crippen LogP contribution in [0.1, 0.15) is 39.8 Å². The summed E-state index contributed by atoms with van der Waals surface area (Å²) in [5.41, 5.74) is 2.53. The van der Waals surface area contributed by atoms with Crippen molar-refractivity contribution in [2.75, 3.05) is 17.2 Å². The summed E-state index contributed by atoms with van der Waals surface area (Å²) in [6, 6.07) is 15.4. The molecule has 3 aromatic rings. The summed E-state index contributed by atoms with van der Waals surface area (Å²) in [5, 5.41) is 5.61. The van der Waals surface area contributed by atoms with Gasteiger partial charge in [0.1, 0.15) is 5.75 Å². The third-order valence-electron chi connectivity index (χ3n) is 4.10. The fourth-order valence-corrected chi connectivity index (χ4v) is 2.95. The molecule has 7 heteroatoms. The molecule has 1 aromatic heterocycles. The molecule has 1 heterocycles. The standard InChI is InChI=1S/C22H21BrN2O4/c1-3-11-28-17-7-8-18(14(2)12-17)25-21(26)15-5-4-6-16(13-15)24-22(27)19-9-10-20(23)29-19/h4-10,12-13H,3,11H2,1-2H3,(H,24,27)(H,25,26). The van der Waals surface area contributed by atoms with E-state index >= 15 is 0 Å². The van der Waals surface area contributed by atoms with Crippen molar-refractivity contribution in [2.24, 2.45) is 0 Å². The molecule has 0 radical (unpaired) electrons. The van der Waals surface area contributed by atoms with Gasteiger partial charge in [-0.15, -0.1) is 0 Å². The third-order valence-corrected chi connectivity index (χ3v) is 4.52. The van der Waals surface area contributed by atoms with Gasteiger partial charge in [0.15, 0.2) is 10.4 Å². The highest BCUT2D eigenvalue weighted by Crippen LogP contribution is 2.23. The molecule has 0 unspecified atom stereocenters. The smallest absolute Gasteiger partial charge is 0.291 e. The number of hydrogen-bond donors (Lipinski definition) is 2. The van der Waals surface area contributed by atoms with Gasteiger partial charge in [-0.05, 0) is 83.4 Å². The lowest BCUT2D eigenvalue weighted by Crippen LogP contribution is -2.15. The number of aryl methyl sites for hydroxylation is 1. The molecule has 29 heavy (non-hydrogen) atoms. The van der Waals surface area contributed by atoms with Gasteiger partial charge in [-0.3, -0.25) is 9.59 Å². The number of nitrogens with one attached hydrogen (secondary N) is 2. The van der Waals surface area contributed by atoms with E-state index in [1.54, 1.807) is 36.4 Å². The highest BCUT2D eigenvalue weighted by Gasteiger charge is 2.13. The van der Waals surface area contributed by atoms with Crippen LogP contribution in [0.15, 0.2) is 63.7 Å². The average molecular weight is 457 g/mol. The van der Waals surface area contributed by atoms with Crippen LogP contribution in [0, 0.1) is 6.92 Å². The second-order valence-corrected chi connectivity index (χ2v) is 7.20. The van der Waals surface area contributed by atoms with Crippen molar-refractivity contribution in [2.45, 2.75) is 20.3 Å². The van der Waals surface area contributed by atoms with Crippen molar-refractivity contribution >= 4 is 39.1 Å². The van der Waals surface area contributed by atoms with Crippen molar-refractivity contribution in [3.8, 4) is 5.75 Å². The third kappa shape index (κ3) is 5.48. The lowest BCUT2D eigenvalue weighted by atomic mass is 10.1. The number of amides is 2. The Labute approximate surface area is 177 Å². The molecular weight excluding hydrogens is 436 g/mol. The van der Waals surface area contributed by atoms with Gasteiger partial charge in [0.2, 0.25) is 0 Å². The normalized spacial score (nSPS) is 10.4. The van der Waals surface area contributed by atoms with Gasteiger partial charge in [0.25, 0.3) is 11.8 Å². The SMILES string of the molecule is CCCOc1ccc(NC(=O)c2cccc(NC(=O)c3ccc(Br)o3)c2)c(C)c1. The molecule has 0 saturated heterocycles. The second-order valence-electron chi connectivity index (χ2n) is 6.42.